The highest BCUT2D eigenvalue weighted by Crippen LogP contribution is 2.06. The van der Waals surface area contributed by atoms with Crippen molar-refractivity contribution in [3.8, 4) is 0 Å². The molecule has 94 valence electrons. The molecule has 0 aliphatic carbocycles. The molecule has 0 aliphatic heterocycles. The van der Waals surface area contributed by atoms with E-state index >= 15 is 0 Å². The molecule has 0 fully saturated rings. The van der Waals surface area contributed by atoms with E-state index in [2.05, 4.69) is 0 Å². The third kappa shape index (κ3) is 4.54. The summed E-state index contributed by atoms with van der Waals surface area (Å²) in [5, 5.41) is 9.70. The third-order valence-electron chi connectivity index (χ3n) is 2.31. The van der Waals surface area contributed by atoms with Gasteiger partial charge in [-0.05, 0) is 25.8 Å². The Bertz CT molecular complexity index is 351. The van der Waals surface area contributed by atoms with Gasteiger partial charge in [-0.2, -0.15) is 0 Å². The summed E-state index contributed by atoms with van der Waals surface area (Å²) in [5.74, 6) is -0.663. The monoisotopic (exact) mass is 237 g/mol. The molecule has 0 bridgehead atoms. The van der Waals surface area contributed by atoms with Crippen molar-refractivity contribution in [1.82, 2.24) is 0 Å². The Morgan fingerprint density at radius 3 is 2.47 bits per heavy atom. The topological polar surface area (TPSA) is 72.5 Å². The van der Waals surface area contributed by atoms with Gasteiger partial charge < -0.3 is 15.6 Å². The second-order valence-corrected chi connectivity index (χ2v) is 4.28. The molecule has 0 unspecified atom stereocenters. The zero-order chi connectivity index (χ0) is 12.8. The quantitative estimate of drug-likeness (QED) is 0.745. The van der Waals surface area contributed by atoms with Crippen molar-refractivity contribution in [2.24, 2.45) is 5.73 Å². The molecule has 0 spiro atoms. The Labute approximate surface area is 101 Å². The number of esters is 1. The van der Waals surface area contributed by atoms with Crippen LogP contribution >= 0.6 is 0 Å². The minimum absolute atomic E-state index is 0.249. The predicted molar refractivity (Wildman–Crippen MR) is 65.4 cm³/mol. The van der Waals surface area contributed by atoms with Crippen LogP contribution in [-0.2, 0) is 16.0 Å². The molecule has 0 aromatic heterocycles. The number of benzene rings is 1. The Hall–Kier alpha value is -1.39. The van der Waals surface area contributed by atoms with Crippen LogP contribution < -0.4 is 5.73 Å². The summed E-state index contributed by atoms with van der Waals surface area (Å²) in [6.45, 7) is 3.46. The minimum Gasteiger partial charge on any atom is -0.461 e. The standard InChI is InChI=1S/C13H19NO3/c1-9(2)17-13(16)12(15)11(14)8-10-6-4-3-5-7-10/h3-7,9,11-12,15H,8,14H2,1-2H3/t11-,12+/m0/s1. The van der Waals surface area contributed by atoms with Crippen LogP contribution in [0.25, 0.3) is 0 Å². The third-order valence-corrected chi connectivity index (χ3v) is 2.31. The smallest absolute Gasteiger partial charge is 0.336 e. The number of rotatable bonds is 5. The van der Waals surface area contributed by atoms with Gasteiger partial charge in [0.05, 0.1) is 6.10 Å². The second-order valence-electron chi connectivity index (χ2n) is 4.28. The molecule has 1 aromatic rings. The average molecular weight is 237 g/mol. The maximum atomic E-state index is 11.4. The highest BCUT2D eigenvalue weighted by atomic mass is 16.6. The summed E-state index contributed by atoms with van der Waals surface area (Å²) in [5.41, 5.74) is 6.76. The van der Waals surface area contributed by atoms with Crippen LogP contribution in [0.2, 0.25) is 0 Å². The Balaban J connectivity index is 2.52. The molecule has 1 rings (SSSR count). The molecule has 0 saturated heterocycles. The first-order valence-electron chi connectivity index (χ1n) is 5.68. The van der Waals surface area contributed by atoms with Crippen LogP contribution in [0.5, 0.6) is 0 Å². The molecule has 0 aliphatic rings. The number of aliphatic hydroxyl groups excluding tert-OH is 1. The number of aliphatic hydroxyl groups is 1. The summed E-state index contributed by atoms with van der Waals surface area (Å²) >= 11 is 0. The van der Waals surface area contributed by atoms with Crippen molar-refractivity contribution in [3.63, 3.8) is 0 Å². The van der Waals surface area contributed by atoms with Crippen LogP contribution in [0.15, 0.2) is 30.3 Å². The number of hydrogen-bond acceptors (Lipinski definition) is 4. The first-order chi connectivity index (χ1) is 8.00. The molecule has 0 amide bonds. The molecular formula is C13H19NO3. The van der Waals surface area contributed by atoms with Crippen LogP contribution in [-0.4, -0.2) is 29.3 Å². The van der Waals surface area contributed by atoms with Gasteiger partial charge in [0.1, 0.15) is 0 Å². The van der Waals surface area contributed by atoms with Gasteiger partial charge in [0, 0.05) is 6.04 Å². The lowest BCUT2D eigenvalue weighted by Crippen LogP contribution is -2.43. The molecule has 4 nitrogen and oxygen atoms in total. The fourth-order valence-electron chi connectivity index (χ4n) is 1.47. The minimum atomic E-state index is -1.28. The van der Waals surface area contributed by atoms with E-state index in [1.54, 1.807) is 13.8 Å². The molecule has 4 heteroatoms. The van der Waals surface area contributed by atoms with Gasteiger partial charge in [0.25, 0.3) is 0 Å². The van der Waals surface area contributed by atoms with Gasteiger partial charge in [0.2, 0.25) is 0 Å². The van der Waals surface area contributed by atoms with E-state index in [0.717, 1.165) is 5.56 Å². The van der Waals surface area contributed by atoms with Gasteiger partial charge in [0.15, 0.2) is 6.10 Å². The van der Waals surface area contributed by atoms with Crippen molar-refractivity contribution in [2.45, 2.75) is 38.5 Å². The van der Waals surface area contributed by atoms with E-state index in [-0.39, 0.29) is 6.10 Å². The average Bonchev–Trinajstić information content (AvgIpc) is 2.28. The zero-order valence-corrected chi connectivity index (χ0v) is 10.2. The summed E-state index contributed by atoms with van der Waals surface area (Å²) in [6.07, 6.45) is -1.09. The number of hydrogen-bond donors (Lipinski definition) is 2. The number of ether oxygens (including phenoxy) is 1. The van der Waals surface area contributed by atoms with Crippen LogP contribution in [0.1, 0.15) is 19.4 Å². The normalized spacial score (nSPS) is 14.4. The lowest BCUT2D eigenvalue weighted by atomic mass is 10.0. The first-order valence-corrected chi connectivity index (χ1v) is 5.68. The Morgan fingerprint density at radius 1 is 1.35 bits per heavy atom. The van der Waals surface area contributed by atoms with Gasteiger partial charge >= 0.3 is 5.97 Å². The van der Waals surface area contributed by atoms with Gasteiger partial charge in [-0.1, -0.05) is 30.3 Å². The molecule has 17 heavy (non-hydrogen) atoms. The van der Waals surface area contributed by atoms with E-state index < -0.39 is 18.1 Å². The fraction of sp³-hybridized carbons (Fsp3) is 0.462. The first kappa shape index (κ1) is 13.7. The summed E-state index contributed by atoms with van der Waals surface area (Å²) in [7, 11) is 0. The van der Waals surface area contributed by atoms with Crippen LogP contribution in [0.4, 0.5) is 0 Å². The van der Waals surface area contributed by atoms with Crippen molar-refractivity contribution in [2.75, 3.05) is 0 Å². The lowest BCUT2D eigenvalue weighted by molar-refractivity contribution is -0.158. The van der Waals surface area contributed by atoms with Crippen molar-refractivity contribution >= 4 is 5.97 Å². The van der Waals surface area contributed by atoms with Gasteiger partial charge in [-0.15, -0.1) is 0 Å². The predicted octanol–water partition coefficient (Wildman–Crippen LogP) is 0.869. The fourth-order valence-corrected chi connectivity index (χ4v) is 1.47. The highest BCUT2D eigenvalue weighted by Gasteiger charge is 2.25. The molecule has 3 N–H and O–H groups in total. The van der Waals surface area contributed by atoms with Crippen molar-refractivity contribution in [1.29, 1.82) is 0 Å². The Morgan fingerprint density at radius 2 is 1.94 bits per heavy atom. The molecule has 0 heterocycles. The maximum Gasteiger partial charge on any atom is 0.336 e. The summed E-state index contributed by atoms with van der Waals surface area (Å²) in [6, 6.07) is 8.84. The lowest BCUT2D eigenvalue weighted by Gasteiger charge is -2.19. The van der Waals surface area contributed by atoms with E-state index in [0.29, 0.717) is 6.42 Å². The molecule has 2 atom stereocenters. The Kier molecular flexibility index (Phi) is 5.12. The van der Waals surface area contributed by atoms with E-state index in [9.17, 15) is 9.90 Å². The molecule has 1 aromatic carbocycles. The van der Waals surface area contributed by atoms with Crippen molar-refractivity contribution < 1.29 is 14.6 Å². The largest absolute Gasteiger partial charge is 0.461 e. The van der Waals surface area contributed by atoms with Gasteiger partial charge in [-0.25, -0.2) is 4.79 Å². The molecule has 0 saturated carbocycles. The van der Waals surface area contributed by atoms with E-state index in [1.165, 1.54) is 0 Å². The maximum absolute atomic E-state index is 11.4. The summed E-state index contributed by atoms with van der Waals surface area (Å²) in [4.78, 5) is 11.4. The van der Waals surface area contributed by atoms with Crippen LogP contribution in [0, 0.1) is 0 Å². The van der Waals surface area contributed by atoms with Crippen LogP contribution in [0.3, 0.4) is 0 Å². The molecule has 0 radical (unpaired) electrons. The number of nitrogens with two attached hydrogens (primary N) is 1. The van der Waals surface area contributed by atoms with Gasteiger partial charge in [-0.3, -0.25) is 0 Å². The SMILES string of the molecule is CC(C)OC(=O)[C@H](O)[C@@H](N)Cc1ccccc1. The highest BCUT2D eigenvalue weighted by molar-refractivity contribution is 5.75. The van der Waals surface area contributed by atoms with E-state index in [4.69, 9.17) is 10.5 Å². The summed E-state index contributed by atoms with van der Waals surface area (Å²) < 4.78 is 4.90. The number of carbonyl (C=O) groups excluding carboxylic acids is 1. The number of carbonyl (C=O) groups is 1. The van der Waals surface area contributed by atoms with E-state index in [1.807, 2.05) is 30.3 Å². The zero-order valence-electron chi connectivity index (χ0n) is 10.2. The second kappa shape index (κ2) is 6.37. The van der Waals surface area contributed by atoms with Crippen molar-refractivity contribution in [3.05, 3.63) is 35.9 Å². The molecular weight excluding hydrogens is 218 g/mol.